The summed E-state index contributed by atoms with van der Waals surface area (Å²) in [5.74, 6) is -0.0655. The van der Waals surface area contributed by atoms with Gasteiger partial charge >= 0.3 is 0 Å². The molecule has 1 unspecified atom stereocenters. The molecule has 1 atom stereocenters. The van der Waals surface area contributed by atoms with E-state index in [1.54, 1.807) is 25.3 Å². The number of ether oxygens (including phenoxy) is 1. The number of nitrogens with one attached hydrogen (secondary N) is 1. The van der Waals surface area contributed by atoms with Crippen LogP contribution in [0.4, 0.5) is 5.69 Å². The van der Waals surface area contributed by atoms with Gasteiger partial charge in [-0.3, -0.25) is 4.79 Å². The van der Waals surface area contributed by atoms with E-state index >= 15 is 0 Å². The molecule has 96 valence electrons. The highest BCUT2D eigenvalue weighted by molar-refractivity contribution is 9.10. The second-order valence-corrected chi connectivity index (χ2v) is 4.79. The minimum absolute atomic E-state index is 0.0655. The van der Waals surface area contributed by atoms with Crippen LogP contribution in [0.15, 0.2) is 22.7 Å². The predicted molar refractivity (Wildman–Crippen MR) is 73.2 cm³/mol. The molecular formula is C13H15BrN2O2. The van der Waals surface area contributed by atoms with E-state index in [4.69, 9.17) is 10.00 Å². The Morgan fingerprint density at radius 3 is 2.89 bits per heavy atom. The third-order valence-corrected chi connectivity index (χ3v) is 3.21. The summed E-state index contributed by atoms with van der Waals surface area (Å²) in [6.45, 7) is 1.92. The predicted octanol–water partition coefficient (Wildman–Crippen LogP) is 3.07. The van der Waals surface area contributed by atoms with Crippen LogP contribution < -0.4 is 5.32 Å². The van der Waals surface area contributed by atoms with Gasteiger partial charge in [0, 0.05) is 18.0 Å². The minimum atomic E-state index is -0.0655. The lowest BCUT2D eigenvalue weighted by molar-refractivity contribution is -0.116. The highest BCUT2D eigenvalue weighted by atomic mass is 79.9. The van der Waals surface area contributed by atoms with Crippen molar-refractivity contribution in [3.63, 3.8) is 0 Å². The van der Waals surface area contributed by atoms with Gasteiger partial charge in [-0.1, -0.05) is 0 Å². The number of methoxy groups -OCH3 is 1. The van der Waals surface area contributed by atoms with Gasteiger partial charge in [-0.15, -0.1) is 0 Å². The standard InChI is InChI=1S/C13H15BrN2O2/c1-9(18-2)3-6-13(17)16-12-5-4-10(8-15)7-11(12)14/h4-5,7,9H,3,6H2,1-2H3,(H,16,17). The van der Waals surface area contributed by atoms with E-state index in [0.29, 0.717) is 28.6 Å². The SMILES string of the molecule is COC(C)CCC(=O)Nc1ccc(C#N)cc1Br. The van der Waals surface area contributed by atoms with E-state index < -0.39 is 0 Å². The number of benzene rings is 1. The first-order chi connectivity index (χ1) is 8.56. The third kappa shape index (κ3) is 4.47. The third-order valence-electron chi connectivity index (χ3n) is 2.55. The van der Waals surface area contributed by atoms with Crippen LogP contribution in [-0.2, 0) is 9.53 Å². The number of amides is 1. The molecule has 0 radical (unpaired) electrons. The lowest BCUT2D eigenvalue weighted by Crippen LogP contribution is -2.15. The molecule has 0 aliphatic carbocycles. The number of rotatable bonds is 5. The smallest absolute Gasteiger partial charge is 0.224 e. The molecular weight excluding hydrogens is 296 g/mol. The van der Waals surface area contributed by atoms with Crippen molar-refractivity contribution >= 4 is 27.5 Å². The van der Waals surface area contributed by atoms with Gasteiger partial charge < -0.3 is 10.1 Å². The molecule has 1 aromatic carbocycles. The molecule has 0 aliphatic rings. The summed E-state index contributed by atoms with van der Waals surface area (Å²) in [5.41, 5.74) is 1.22. The number of nitriles is 1. The number of hydrogen-bond donors (Lipinski definition) is 1. The van der Waals surface area contributed by atoms with E-state index in [1.165, 1.54) is 0 Å². The number of hydrogen-bond acceptors (Lipinski definition) is 3. The fourth-order valence-electron chi connectivity index (χ4n) is 1.35. The van der Waals surface area contributed by atoms with Gasteiger partial charge in [0.2, 0.25) is 5.91 Å². The molecule has 1 amide bonds. The summed E-state index contributed by atoms with van der Waals surface area (Å²) in [6, 6.07) is 7.08. The number of anilines is 1. The van der Waals surface area contributed by atoms with Gasteiger partial charge in [0.15, 0.2) is 0 Å². The zero-order valence-corrected chi connectivity index (χ0v) is 12.0. The quantitative estimate of drug-likeness (QED) is 0.909. The summed E-state index contributed by atoms with van der Waals surface area (Å²) < 4.78 is 5.78. The zero-order valence-electron chi connectivity index (χ0n) is 10.4. The average molecular weight is 311 g/mol. The van der Waals surface area contributed by atoms with Crippen LogP contribution in [0.3, 0.4) is 0 Å². The molecule has 0 saturated carbocycles. The fourth-order valence-corrected chi connectivity index (χ4v) is 1.83. The molecule has 5 heteroatoms. The maximum absolute atomic E-state index is 11.7. The number of nitrogens with zero attached hydrogens (tertiary/aromatic N) is 1. The zero-order chi connectivity index (χ0) is 13.5. The van der Waals surface area contributed by atoms with Crippen molar-refractivity contribution in [1.29, 1.82) is 5.26 Å². The molecule has 0 bridgehead atoms. The van der Waals surface area contributed by atoms with Gasteiger partial charge in [0.05, 0.1) is 23.4 Å². The van der Waals surface area contributed by atoms with E-state index in [1.807, 2.05) is 13.0 Å². The van der Waals surface area contributed by atoms with Crippen molar-refractivity contribution in [2.24, 2.45) is 0 Å². The van der Waals surface area contributed by atoms with Crippen LogP contribution in [0.1, 0.15) is 25.3 Å². The molecule has 0 aromatic heterocycles. The monoisotopic (exact) mass is 310 g/mol. The Morgan fingerprint density at radius 1 is 1.61 bits per heavy atom. The van der Waals surface area contributed by atoms with Crippen molar-refractivity contribution in [3.05, 3.63) is 28.2 Å². The highest BCUT2D eigenvalue weighted by Crippen LogP contribution is 2.23. The summed E-state index contributed by atoms with van der Waals surface area (Å²) >= 11 is 3.32. The van der Waals surface area contributed by atoms with Gasteiger partial charge in [-0.2, -0.15) is 5.26 Å². The molecule has 4 nitrogen and oxygen atoms in total. The maximum atomic E-state index is 11.7. The van der Waals surface area contributed by atoms with E-state index in [2.05, 4.69) is 21.2 Å². The van der Waals surface area contributed by atoms with Crippen molar-refractivity contribution < 1.29 is 9.53 Å². The second kappa shape index (κ2) is 7.14. The molecule has 0 saturated heterocycles. The van der Waals surface area contributed by atoms with Crippen molar-refractivity contribution in [2.45, 2.75) is 25.9 Å². The molecule has 0 heterocycles. The molecule has 18 heavy (non-hydrogen) atoms. The van der Waals surface area contributed by atoms with Crippen LogP contribution in [0.2, 0.25) is 0 Å². The van der Waals surface area contributed by atoms with Crippen LogP contribution in [-0.4, -0.2) is 19.1 Å². The summed E-state index contributed by atoms with van der Waals surface area (Å²) in [5, 5.41) is 11.5. The van der Waals surface area contributed by atoms with Gasteiger partial charge in [-0.05, 0) is 47.5 Å². The van der Waals surface area contributed by atoms with Crippen molar-refractivity contribution in [2.75, 3.05) is 12.4 Å². The Labute approximate surface area is 115 Å². The Morgan fingerprint density at radius 2 is 2.33 bits per heavy atom. The van der Waals surface area contributed by atoms with Crippen LogP contribution in [0.5, 0.6) is 0 Å². The Balaban J connectivity index is 2.57. The first-order valence-corrected chi connectivity index (χ1v) is 6.38. The maximum Gasteiger partial charge on any atom is 0.224 e. The topological polar surface area (TPSA) is 62.1 Å². The normalized spacial score (nSPS) is 11.7. The average Bonchev–Trinajstić information content (AvgIpc) is 2.38. The number of carbonyl (C=O) groups excluding carboxylic acids is 1. The van der Waals surface area contributed by atoms with Crippen molar-refractivity contribution in [1.82, 2.24) is 0 Å². The molecule has 1 aromatic rings. The molecule has 0 spiro atoms. The Bertz CT molecular complexity index is 469. The Hall–Kier alpha value is -1.38. The first kappa shape index (κ1) is 14.7. The van der Waals surface area contributed by atoms with E-state index in [9.17, 15) is 4.79 Å². The largest absolute Gasteiger partial charge is 0.382 e. The summed E-state index contributed by atoms with van der Waals surface area (Å²) in [7, 11) is 1.62. The second-order valence-electron chi connectivity index (χ2n) is 3.94. The van der Waals surface area contributed by atoms with Crippen LogP contribution in [0.25, 0.3) is 0 Å². The van der Waals surface area contributed by atoms with Crippen LogP contribution in [0, 0.1) is 11.3 Å². The summed E-state index contributed by atoms with van der Waals surface area (Å²) in [6.07, 6.45) is 1.15. The minimum Gasteiger partial charge on any atom is -0.382 e. The van der Waals surface area contributed by atoms with E-state index in [-0.39, 0.29) is 12.0 Å². The number of carbonyl (C=O) groups is 1. The number of halogens is 1. The van der Waals surface area contributed by atoms with Crippen molar-refractivity contribution in [3.8, 4) is 6.07 Å². The first-order valence-electron chi connectivity index (χ1n) is 5.59. The van der Waals surface area contributed by atoms with E-state index in [0.717, 1.165) is 0 Å². The lowest BCUT2D eigenvalue weighted by Gasteiger charge is -2.10. The van der Waals surface area contributed by atoms with Crippen LogP contribution >= 0.6 is 15.9 Å². The fraction of sp³-hybridized carbons (Fsp3) is 0.385. The molecule has 1 N–H and O–H groups in total. The molecule has 0 aliphatic heterocycles. The highest BCUT2D eigenvalue weighted by Gasteiger charge is 2.08. The lowest BCUT2D eigenvalue weighted by atomic mass is 10.2. The van der Waals surface area contributed by atoms with Gasteiger partial charge in [-0.25, -0.2) is 0 Å². The van der Waals surface area contributed by atoms with Gasteiger partial charge in [0.1, 0.15) is 0 Å². The summed E-state index contributed by atoms with van der Waals surface area (Å²) in [4.78, 5) is 11.7. The molecule has 1 rings (SSSR count). The van der Waals surface area contributed by atoms with Gasteiger partial charge in [0.25, 0.3) is 0 Å². The molecule has 0 fully saturated rings. The Kier molecular flexibility index (Phi) is 5.83.